The van der Waals surface area contributed by atoms with E-state index in [1.54, 1.807) is 23.9 Å². The molecule has 0 aliphatic rings. The maximum atomic E-state index is 12.4. The maximum absolute atomic E-state index is 12.4. The Balaban J connectivity index is 1.88. The lowest BCUT2D eigenvalue weighted by atomic mass is 10.2. The van der Waals surface area contributed by atoms with Crippen LogP contribution in [0.4, 0.5) is 11.5 Å². The Kier molecular flexibility index (Phi) is 4.34. The highest BCUT2D eigenvalue weighted by atomic mass is 32.2. The molecule has 1 aromatic heterocycles. The molecule has 3 aromatic rings. The summed E-state index contributed by atoms with van der Waals surface area (Å²) in [5.74, 6) is 0.216. The first-order valence-corrected chi connectivity index (χ1v) is 7.88. The van der Waals surface area contributed by atoms with Crippen LogP contribution in [0.3, 0.4) is 0 Å². The van der Waals surface area contributed by atoms with Crippen molar-refractivity contribution in [1.29, 1.82) is 0 Å². The van der Waals surface area contributed by atoms with E-state index >= 15 is 0 Å². The molecule has 1 heterocycles. The monoisotopic (exact) mass is 324 g/mol. The first-order chi connectivity index (χ1) is 11.1. The molecule has 23 heavy (non-hydrogen) atoms. The molecular formula is C17H16N4OS. The van der Waals surface area contributed by atoms with Crippen molar-refractivity contribution >= 4 is 29.2 Å². The second kappa shape index (κ2) is 6.58. The van der Waals surface area contributed by atoms with E-state index in [1.807, 2.05) is 48.5 Å². The predicted molar refractivity (Wildman–Crippen MR) is 92.6 cm³/mol. The van der Waals surface area contributed by atoms with Crippen LogP contribution in [0.5, 0.6) is 0 Å². The average Bonchev–Trinajstić information content (AvgIpc) is 2.84. The Bertz CT molecular complexity index is 815. The standard InChI is InChI=1S/C17H16N4OS/c1-21-15(18)14(19-16(22)12-8-4-2-5-9-12)17(20-21)23-13-10-6-3-7-11-13/h2-11H,18H2,1H3,(H,19,22). The third kappa shape index (κ3) is 3.37. The Morgan fingerprint density at radius 1 is 1.09 bits per heavy atom. The van der Waals surface area contributed by atoms with Crippen molar-refractivity contribution < 1.29 is 4.79 Å². The number of nitrogens with one attached hydrogen (secondary N) is 1. The fourth-order valence-electron chi connectivity index (χ4n) is 2.08. The molecule has 0 bridgehead atoms. The number of aromatic nitrogens is 2. The molecule has 2 aromatic carbocycles. The number of aryl methyl sites for hydroxylation is 1. The lowest BCUT2D eigenvalue weighted by Gasteiger charge is -2.06. The third-order valence-electron chi connectivity index (χ3n) is 3.29. The largest absolute Gasteiger partial charge is 0.382 e. The van der Waals surface area contributed by atoms with Crippen molar-refractivity contribution in [3.63, 3.8) is 0 Å². The number of nitrogen functional groups attached to an aromatic ring is 1. The van der Waals surface area contributed by atoms with Crippen LogP contribution >= 0.6 is 11.8 Å². The molecule has 0 radical (unpaired) electrons. The molecule has 0 saturated heterocycles. The van der Waals surface area contributed by atoms with E-state index in [0.717, 1.165) is 4.90 Å². The first kappa shape index (κ1) is 15.2. The van der Waals surface area contributed by atoms with Gasteiger partial charge in [0.1, 0.15) is 16.5 Å². The van der Waals surface area contributed by atoms with Crippen LogP contribution in [0, 0.1) is 0 Å². The van der Waals surface area contributed by atoms with Gasteiger partial charge >= 0.3 is 0 Å². The molecule has 6 heteroatoms. The Morgan fingerprint density at radius 3 is 2.35 bits per heavy atom. The molecule has 0 fully saturated rings. The van der Waals surface area contributed by atoms with Crippen molar-refractivity contribution in [2.45, 2.75) is 9.92 Å². The van der Waals surface area contributed by atoms with Gasteiger partial charge in [-0.3, -0.25) is 9.48 Å². The van der Waals surface area contributed by atoms with Crippen molar-refractivity contribution in [2.24, 2.45) is 7.05 Å². The summed E-state index contributed by atoms with van der Waals surface area (Å²) in [6, 6.07) is 18.9. The zero-order valence-electron chi connectivity index (χ0n) is 12.6. The van der Waals surface area contributed by atoms with Gasteiger partial charge < -0.3 is 11.1 Å². The fourth-order valence-corrected chi connectivity index (χ4v) is 3.01. The lowest BCUT2D eigenvalue weighted by Crippen LogP contribution is -2.13. The second-order valence-electron chi connectivity index (χ2n) is 4.92. The summed E-state index contributed by atoms with van der Waals surface area (Å²) >= 11 is 1.46. The Labute approximate surface area is 138 Å². The van der Waals surface area contributed by atoms with Gasteiger partial charge in [-0.2, -0.15) is 5.10 Å². The van der Waals surface area contributed by atoms with E-state index in [-0.39, 0.29) is 5.91 Å². The number of anilines is 2. The number of nitrogens with zero attached hydrogens (tertiary/aromatic N) is 2. The molecule has 0 atom stereocenters. The molecule has 116 valence electrons. The van der Waals surface area contributed by atoms with Crippen molar-refractivity contribution in [1.82, 2.24) is 9.78 Å². The molecule has 0 aliphatic heterocycles. The summed E-state index contributed by atoms with van der Waals surface area (Å²) in [6.45, 7) is 0. The van der Waals surface area contributed by atoms with Crippen LogP contribution in [-0.2, 0) is 7.05 Å². The summed E-state index contributed by atoms with van der Waals surface area (Å²) in [6.07, 6.45) is 0. The summed E-state index contributed by atoms with van der Waals surface area (Å²) in [5, 5.41) is 7.93. The number of carbonyl (C=O) groups excluding carboxylic acids is 1. The van der Waals surface area contributed by atoms with Crippen LogP contribution in [0.1, 0.15) is 10.4 Å². The van der Waals surface area contributed by atoms with Gasteiger partial charge in [0.05, 0.1) is 0 Å². The molecule has 0 spiro atoms. The van der Waals surface area contributed by atoms with E-state index in [1.165, 1.54) is 11.8 Å². The average molecular weight is 324 g/mol. The van der Waals surface area contributed by atoms with Crippen molar-refractivity contribution in [3.8, 4) is 0 Å². The SMILES string of the molecule is Cn1nc(Sc2ccccc2)c(NC(=O)c2ccccc2)c1N. The van der Waals surface area contributed by atoms with E-state index in [4.69, 9.17) is 5.73 Å². The van der Waals surface area contributed by atoms with E-state index in [2.05, 4.69) is 10.4 Å². The number of benzene rings is 2. The number of nitrogens with two attached hydrogens (primary N) is 1. The highest BCUT2D eigenvalue weighted by molar-refractivity contribution is 7.99. The number of carbonyl (C=O) groups is 1. The van der Waals surface area contributed by atoms with Gasteiger partial charge in [0.25, 0.3) is 5.91 Å². The predicted octanol–water partition coefficient (Wildman–Crippen LogP) is 3.41. The van der Waals surface area contributed by atoms with Gasteiger partial charge in [-0.05, 0) is 24.3 Å². The van der Waals surface area contributed by atoms with Gasteiger partial charge in [0, 0.05) is 17.5 Å². The number of hydrogen-bond donors (Lipinski definition) is 2. The van der Waals surface area contributed by atoms with Gasteiger partial charge in [-0.1, -0.05) is 48.2 Å². The zero-order valence-corrected chi connectivity index (χ0v) is 13.4. The Morgan fingerprint density at radius 2 is 1.70 bits per heavy atom. The molecule has 3 N–H and O–H groups in total. The topological polar surface area (TPSA) is 72.9 Å². The molecule has 0 saturated carbocycles. The van der Waals surface area contributed by atoms with E-state index in [0.29, 0.717) is 22.1 Å². The highest BCUT2D eigenvalue weighted by Crippen LogP contribution is 2.36. The quantitative estimate of drug-likeness (QED) is 0.771. The van der Waals surface area contributed by atoms with Crippen molar-refractivity contribution in [3.05, 3.63) is 66.2 Å². The van der Waals surface area contributed by atoms with Crippen LogP contribution in [-0.4, -0.2) is 15.7 Å². The minimum Gasteiger partial charge on any atom is -0.382 e. The fraction of sp³-hybridized carbons (Fsp3) is 0.0588. The van der Waals surface area contributed by atoms with Crippen LogP contribution < -0.4 is 11.1 Å². The van der Waals surface area contributed by atoms with Crippen molar-refractivity contribution in [2.75, 3.05) is 11.1 Å². The summed E-state index contributed by atoms with van der Waals surface area (Å²) < 4.78 is 1.56. The highest BCUT2D eigenvalue weighted by Gasteiger charge is 2.18. The van der Waals surface area contributed by atoms with Crippen LogP contribution in [0.2, 0.25) is 0 Å². The molecule has 3 rings (SSSR count). The second-order valence-corrected chi connectivity index (χ2v) is 5.99. The molecule has 0 unspecified atom stereocenters. The third-order valence-corrected chi connectivity index (χ3v) is 4.28. The molecule has 5 nitrogen and oxygen atoms in total. The van der Waals surface area contributed by atoms with Gasteiger partial charge in [0.2, 0.25) is 0 Å². The minimum absolute atomic E-state index is 0.208. The van der Waals surface area contributed by atoms with E-state index < -0.39 is 0 Å². The summed E-state index contributed by atoms with van der Waals surface area (Å²) in [4.78, 5) is 13.4. The number of rotatable bonds is 4. The lowest BCUT2D eigenvalue weighted by molar-refractivity contribution is 0.102. The zero-order chi connectivity index (χ0) is 16.2. The molecule has 1 amide bonds. The minimum atomic E-state index is -0.208. The summed E-state index contributed by atoms with van der Waals surface area (Å²) in [5.41, 5.74) is 7.17. The molecule has 0 aliphatic carbocycles. The molecular weight excluding hydrogens is 308 g/mol. The van der Waals surface area contributed by atoms with Crippen LogP contribution in [0.25, 0.3) is 0 Å². The van der Waals surface area contributed by atoms with Gasteiger partial charge in [0.15, 0.2) is 0 Å². The summed E-state index contributed by atoms with van der Waals surface area (Å²) in [7, 11) is 1.75. The van der Waals surface area contributed by atoms with Gasteiger partial charge in [-0.25, -0.2) is 0 Å². The number of hydrogen-bond acceptors (Lipinski definition) is 4. The normalized spacial score (nSPS) is 10.5. The van der Waals surface area contributed by atoms with Crippen LogP contribution in [0.15, 0.2) is 70.6 Å². The van der Waals surface area contributed by atoms with Gasteiger partial charge in [-0.15, -0.1) is 0 Å². The maximum Gasteiger partial charge on any atom is 0.255 e. The Hall–Kier alpha value is -2.73. The van der Waals surface area contributed by atoms with E-state index in [9.17, 15) is 4.79 Å². The first-order valence-electron chi connectivity index (χ1n) is 7.07. The smallest absolute Gasteiger partial charge is 0.255 e. The number of amides is 1.